The molecular formula is C15H24O3S. The van der Waals surface area contributed by atoms with Gasteiger partial charge in [0.2, 0.25) is 0 Å². The van der Waals surface area contributed by atoms with Crippen molar-refractivity contribution >= 4 is 12.6 Å². The number of thiol groups is 1. The van der Waals surface area contributed by atoms with Crippen LogP contribution in [0.2, 0.25) is 0 Å². The molecule has 0 saturated heterocycles. The van der Waals surface area contributed by atoms with Gasteiger partial charge in [-0.3, -0.25) is 0 Å². The van der Waals surface area contributed by atoms with Crippen LogP contribution in [-0.2, 0) is 0 Å². The third-order valence-corrected chi connectivity index (χ3v) is 3.66. The van der Waals surface area contributed by atoms with E-state index < -0.39 is 0 Å². The predicted octanol–water partition coefficient (Wildman–Crippen LogP) is 3.67. The minimum Gasteiger partial charge on any atom is -0.496 e. The van der Waals surface area contributed by atoms with Crippen LogP contribution in [0.4, 0.5) is 0 Å². The van der Waals surface area contributed by atoms with E-state index in [1.54, 1.807) is 14.2 Å². The Labute approximate surface area is 121 Å². The van der Waals surface area contributed by atoms with Crippen LogP contribution in [0.5, 0.6) is 17.2 Å². The van der Waals surface area contributed by atoms with Gasteiger partial charge in [0.1, 0.15) is 17.2 Å². The summed E-state index contributed by atoms with van der Waals surface area (Å²) in [4.78, 5) is 0. The molecule has 1 aromatic rings. The van der Waals surface area contributed by atoms with E-state index in [2.05, 4.69) is 33.4 Å². The predicted molar refractivity (Wildman–Crippen MR) is 81.8 cm³/mol. The van der Waals surface area contributed by atoms with E-state index in [9.17, 15) is 0 Å². The van der Waals surface area contributed by atoms with Gasteiger partial charge in [-0.1, -0.05) is 20.8 Å². The van der Waals surface area contributed by atoms with Gasteiger partial charge in [-0.2, -0.15) is 12.6 Å². The zero-order valence-electron chi connectivity index (χ0n) is 12.4. The molecule has 0 N–H and O–H groups in total. The van der Waals surface area contributed by atoms with Crippen LogP contribution >= 0.6 is 12.6 Å². The summed E-state index contributed by atoms with van der Waals surface area (Å²) in [5.74, 6) is 3.39. The van der Waals surface area contributed by atoms with Crippen molar-refractivity contribution in [3.63, 3.8) is 0 Å². The molecule has 0 fully saturated rings. The first kappa shape index (κ1) is 16.0. The lowest BCUT2D eigenvalue weighted by molar-refractivity contribution is 0.164. The summed E-state index contributed by atoms with van der Waals surface area (Å²) in [5, 5.41) is 0. The highest BCUT2D eigenvalue weighted by molar-refractivity contribution is 7.80. The summed E-state index contributed by atoms with van der Waals surface area (Å²) in [6.07, 6.45) is 0. The van der Waals surface area contributed by atoms with Crippen molar-refractivity contribution in [2.75, 3.05) is 26.6 Å². The number of hydrogen-bond donors (Lipinski definition) is 1. The van der Waals surface area contributed by atoms with E-state index in [1.807, 2.05) is 18.2 Å². The molecule has 0 aliphatic heterocycles. The molecule has 0 aliphatic carbocycles. The van der Waals surface area contributed by atoms with Crippen molar-refractivity contribution in [1.29, 1.82) is 0 Å². The highest BCUT2D eigenvalue weighted by Crippen LogP contribution is 2.30. The Morgan fingerprint density at radius 2 is 1.47 bits per heavy atom. The number of methoxy groups -OCH3 is 2. The molecule has 0 aliphatic rings. The summed E-state index contributed by atoms with van der Waals surface area (Å²) in [6, 6.07) is 5.55. The molecule has 4 heteroatoms. The first-order valence-electron chi connectivity index (χ1n) is 6.37. The Hall–Kier alpha value is -1.03. The third-order valence-electron chi connectivity index (χ3n) is 3.22. The molecule has 19 heavy (non-hydrogen) atoms. The quantitative estimate of drug-likeness (QED) is 0.808. The third kappa shape index (κ3) is 4.86. The van der Waals surface area contributed by atoms with Gasteiger partial charge < -0.3 is 14.2 Å². The van der Waals surface area contributed by atoms with Gasteiger partial charge in [0.05, 0.1) is 20.8 Å². The fourth-order valence-electron chi connectivity index (χ4n) is 1.64. The van der Waals surface area contributed by atoms with E-state index >= 15 is 0 Å². The minimum absolute atomic E-state index is 0.171. The fraction of sp³-hybridized carbons (Fsp3) is 0.600. The summed E-state index contributed by atoms with van der Waals surface area (Å²) in [6.45, 7) is 7.22. The van der Waals surface area contributed by atoms with Gasteiger partial charge in [-0.25, -0.2) is 0 Å². The molecule has 3 nitrogen and oxygen atoms in total. The average Bonchev–Trinajstić information content (AvgIpc) is 2.37. The van der Waals surface area contributed by atoms with Gasteiger partial charge in [0.25, 0.3) is 0 Å². The van der Waals surface area contributed by atoms with E-state index in [-0.39, 0.29) is 5.41 Å². The molecule has 1 atom stereocenters. The molecular weight excluding hydrogens is 260 g/mol. The second-order valence-electron chi connectivity index (χ2n) is 5.60. The maximum absolute atomic E-state index is 5.86. The van der Waals surface area contributed by atoms with Crippen molar-refractivity contribution in [3.8, 4) is 17.2 Å². The summed E-state index contributed by atoms with van der Waals surface area (Å²) in [7, 11) is 3.26. The van der Waals surface area contributed by atoms with E-state index in [0.717, 1.165) is 23.0 Å². The molecule has 108 valence electrons. The van der Waals surface area contributed by atoms with Crippen molar-refractivity contribution in [2.45, 2.75) is 20.8 Å². The number of rotatable bonds is 6. The van der Waals surface area contributed by atoms with Gasteiger partial charge in [-0.05, 0) is 11.2 Å². The lowest BCUT2D eigenvalue weighted by Crippen LogP contribution is -2.28. The van der Waals surface area contributed by atoms with Crippen LogP contribution in [0.3, 0.4) is 0 Å². The zero-order chi connectivity index (χ0) is 14.5. The molecule has 0 heterocycles. The van der Waals surface area contributed by atoms with E-state index in [0.29, 0.717) is 12.5 Å². The first-order chi connectivity index (χ1) is 8.90. The summed E-state index contributed by atoms with van der Waals surface area (Å²) < 4.78 is 16.3. The molecule has 0 spiro atoms. The van der Waals surface area contributed by atoms with Crippen LogP contribution < -0.4 is 14.2 Å². The fourth-order valence-corrected chi connectivity index (χ4v) is 2.29. The molecule has 1 unspecified atom stereocenters. The van der Waals surface area contributed by atoms with Crippen LogP contribution in [0, 0.1) is 11.3 Å². The van der Waals surface area contributed by atoms with Crippen molar-refractivity contribution in [1.82, 2.24) is 0 Å². The van der Waals surface area contributed by atoms with Gasteiger partial charge in [0, 0.05) is 24.1 Å². The normalized spacial score (nSPS) is 12.9. The number of ether oxygens (including phenoxy) is 3. The topological polar surface area (TPSA) is 27.7 Å². The van der Waals surface area contributed by atoms with Crippen molar-refractivity contribution in [2.24, 2.45) is 11.3 Å². The summed E-state index contributed by atoms with van der Waals surface area (Å²) >= 11 is 4.40. The monoisotopic (exact) mass is 284 g/mol. The Morgan fingerprint density at radius 1 is 1.00 bits per heavy atom. The molecule has 1 rings (SSSR count). The standard InChI is InChI=1S/C15H24O3S/c1-15(2,3)11(10-19)9-18-14-7-12(16-4)6-13(8-14)17-5/h6-8,11,19H,9-10H2,1-5H3. The SMILES string of the molecule is COc1cc(OC)cc(OCC(CS)C(C)(C)C)c1. The Kier molecular flexibility index (Phi) is 5.85. The Balaban J connectivity index is 2.76. The van der Waals surface area contributed by atoms with Crippen LogP contribution in [0.25, 0.3) is 0 Å². The average molecular weight is 284 g/mol. The molecule has 0 amide bonds. The van der Waals surface area contributed by atoms with E-state index in [4.69, 9.17) is 14.2 Å². The molecule has 0 aromatic heterocycles. The molecule has 0 radical (unpaired) electrons. The van der Waals surface area contributed by atoms with Crippen LogP contribution in [0.15, 0.2) is 18.2 Å². The number of hydrogen-bond acceptors (Lipinski definition) is 4. The highest BCUT2D eigenvalue weighted by Gasteiger charge is 2.24. The minimum atomic E-state index is 0.171. The maximum atomic E-state index is 5.86. The lowest BCUT2D eigenvalue weighted by atomic mass is 9.82. The van der Waals surface area contributed by atoms with Crippen molar-refractivity contribution < 1.29 is 14.2 Å². The number of benzene rings is 1. The lowest BCUT2D eigenvalue weighted by Gasteiger charge is -2.29. The molecule has 0 saturated carbocycles. The molecule has 0 bridgehead atoms. The van der Waals surface area contributed by atoms with E-state index in [1.165, 1.54) is 0 Å². The van der Waals surface area contributed by atoms with Crippen LogP contribution in [0.1, 0.15) is 20.8 Å². The second kappa shape index (κ2) is 6.94. The second-order valence-corrected chi connectivity index (χ2v) is 5.97. The van der Waals surface area contributed by atoms with Gasteiger partial charge >= 0.3 is 0 Å². The smallest absolute Gasteiger partial charge is 0.126 e. The first-order valence-corrected chi connectivity index (χ1v) is 7.00. The highest BCUT2D eigenvalue weighted by atomic mass is 32.1. The Morgan fingerprint density at radius 3 is 1.84 bits per heavy atom. The van der Waals surface area contributed by atoms with Gasteiger partial charge in [0.15, 0.2) is 0 Å². The maximum Gasteiger partial charge on any atom is 0.126 e. The van der Waals surface area contributed by atoms with Crippen LogP contribution in [-0.4, -0.2) is 26.6 Å². The molecule has 1 aromatic carbocycles. The zero-order valence-corrected chi connectivity index (χ0v) is 13.3. The summed E-state index contributed by atoms with van der Waals surface area (Å²) in [5.41, 5.74) is 0.171. The van der Waals surface area contributed by atoms with Gasteiger partial charge in [-0.15, -0.1) is 0 Å². The largest absolute Gasteiger partial charge is 0.496 e. The van der Waals surface area contributed by atoms with Crippen molar-refractivity contribution in [3.05, 3.63) is 18.2 Å². The Bertz CT molecular complexity index is 377.